The highest BCUT2D eigenvalue weighted by atomic mass is 32.2. The Kier molecular flexibility index (Phi) is 4.58. The molecule has 138 valence electrons. The lowest BCUT2D eigenvalue weighted by Gasteiger charge is -2.25. The van der Waals surface area contributed by atoms with Gasteiger partial charge in [0.15, 0.2) is 24.3 Å². The van der Waals surface area contributed by atoms with Gasteiger partial charge in [-0.3, -0.25) is 0 Å². The lowest BCUT2D eigenvalue weighted by Crippen LogP contribution is -2.40. The maximum atomic E-state index is 12.8. The van der Waals surface area contributed by atoms with E-state index in [9.17, 15) is 4.79 Å². The number of esters is 1. The van der Waals surface area contributed by atoms with Crippen molar-refractivity contribution in [3.8, 4) is 0 Å². The minimum Gasteiger partial charge on any atom is -0.453 e. The minimum atomic E-state index is -0.777. The minimum absolute atomic E-state index is 0.0868. The molecule has 1 aromatic rings. The Labute approximate surface area is 154 Å². The zero-order valence-electron chi connectivity index (χ0n) is 14.4. The van der Waals surface area contributed by atoms with Crippen LogP contribution in [0.15, 0.2) is 29.4 Å². The van der Waals surface area contributed by atoms with Crippen molar-refractivity contribution in [1.82, 2.24) is 0 Å². The first-order chi connectivity index (χ1) is 12.5. The molecule has 4 rings (SSSR count). The van der Waals surface area contributed by atoms with Gasteiger partial charge in [0.25, 0.3) is 0 Å². The van der Waals surface area contributed by atoms with Crippen molar-refractivity contribution in [2.75, 3.05) is 5.75 Å². The summed E-state index contributed by atoms with van der Waals surface area (Å²) in [5.41, 5.74) is 9.53. The number of fused-ring (bicyclic) bond motifs is 1. The summed E-state index contributed by atoms with van der Waals surface area (Å²) in [6.45, 7) is 3.71. The zero-order chi connectivity index (χ0) is 18.3. The number of benzene rings is 1. The number of azide groups is 1. The monoisotopic (exact) mass is 377 g/mol. The van der Waals surface area contributed by atoms with Crippen molar-refractivity contribution in [2.45, 2.75) is 56.0 Å². The molecule has 3 aliphatic rings. The molecule has 0 unspecified atom stereocenters. The van der Waals surface area contributed by atoms with Crippen LogP contribution in [0.5, 0.6) is 0 Å². The van der Waals surface area contributed by atoms with Gasteiger partial charge in [-0.05, 0) is 31.0 Å². The first kappa shape index (κ1) is 17.6. The van der Waals surface area contributed by atoms with Gasteiger partial charge in [-0.25, -0.2) is 4.79 Å². The average molecular weight is 377 g/mol. The summed E-state index contributed by atoms with van der Waals surface area (Å²) in [4.78, 5) is 15.6. The molecule has 0 saturated carbocycles. The Balaban J connectivity index is 1.55. The molecule has 9 heteroatoms. The predicted molar refractivity (Wildman–Crippen MR) is 93.4 cm³/mol. The Bertz CT molecular complexity index is 763. The molecule has 0 radical (unpaired) electrons. The van der Waals surface area contributed by atoms with Crippen LogP contribution in [0, 0.1) is 0 Å². The topological polar surface area (TPSA) is 103 Å². The van der Waals surface area contributed by atoms with Crippen LogP contribution in [-0.4, -0.2) is 47.4 Å². The Morgan fingerprint density at radius 1 is 1.38 bits per heavy atom. The number of hydrogen-bond donors (Lipinski definition) is 0. The number of carbonyl (C=O) groups excluding carboxylic acids is 1. The van der Waals surface area contributed by atoms with Crippen LogP contribution in [0.2, 0.25) is 0 Å². The number of nitrogens with zero attached hydrogens (tertiary/aromatic N) is 3. The molecule has 0 amide bonds. The molecule has 26 heavy (non-hydrogen) atoms. The van der Waals surface area contributed by atoms with Crippen molar-refractivity contribution in [3.05, 3.63) is 45.8 Å². The zero-order valence-corrected chi connectivity index (χ0v) is 15.2. The van der Waals surface area contributed by atoms with E-state index < -0.39 is 30.3 Å². The van der Waals surface area contributed by atoms with Gasteiger partial charge in [0.05, 0.1) is 12.1 Å². The first-order valence-electron chi connectivity index (χ1n) is 8.41. The van der Waals surface area contributed by atoms with Gasteiger partial charge in [0.2, 0.25) is 0 Å². The Morgan fingerprint density at radius 2 is 2.15 bits per heavy atom. The van der Waals surface area contributed by atoms with Crippen LogP contribution in [0.3, 0.4) is 0 Å². The highest BCUT2D eigenvalue weighted by Crippen LogP contribution is 2.46. The maximum Gasteiger partial charge on any atom is 0.338 e. The van der Waals surface area contributed by atoms with Crippen molar-refractivity contribution in [3.63, 3.8) is 0 Å². The van der Waals surface area contributed by atoms with Gasteiger partial charge in [0.1, 0.15) is 6.10 Å². The highest BCUT2D eigenvalue weighted by molar-refractivity contribution is 8.06. The van der Waals surface area contributed by atoms with Gasteiger partial charge in [-0.1, -0.05) is 23.3 Å². The lowest BCUT2D eigenvalue weighted by atomic mass is 10.1. The van der Waals surface area contributed by atoms with Crippen LogP contribution in [0.25, 0.3) is 10.4 Å². The summed E-state index contributed by atoms with van der Waals surface area (Å²) in [7, 11) is 0. The van der Waals surface area contributed by atoms with E-state index in [0.717, 1.165) is 5.75 Å². The smallest absolute Gasteiger partial charge is 0.338 e. The Hall–Kier alpha value is -1.77. The van der Waals surface area contributed by atoms with E-state index in [1.54, 1.807) is 36.0 Å². The molecule has 0 bridgehead atoms. The second-order valence-electron chi connectivity index (χ2n) is 6.86. The largest absolute Gasteiger partial charge is 0.453 e. The summed E-state index contributed by atoms with van der Waals surface area (Å²) >= 11 is 1.76. The summed E-state index contributed by atoms with van der Waals surface area (Å²) < 4.78 is 23.5. The summed E-state index contributed by atoms with van der Waals surface area (Å²) in [5.74, 6) is -0.289. The number of ether oxygens (including phenoxy) is 4. The van der Waals surface area contributed by atoms with Crippen LogP contribution >= 0.6 is 11.8 Å². The maximum absolute atomic E-state index is 12.8. The quantitative estimate of drug-likeness (QED) is 0.257. The van der Waals surface area contributed by atoms with Gasteiger partial charge in [0, 0.05) is 15.9 Å². The number of thioether (sulfide) groups is 1. The van der Waals surface area contributed by atoms with Crippen LogP contribution in [0.1, 0.15) is 29.8 Å². The molecular formula is C17H19N3O5S. The fourth-order valence-corrected chi connectivity index (χ4v) is 4.04. The van der Waals surface area contributed by atoms with E-state index >= 15 is 0 Å². The number of carbonyl (C=O) groups is 1. The standard InChI is InChI=1S/C17H19N3O5S/c1-17(2)24-14-13(12(11-8-26-11)23-16(14)25-17)22-15(21)10-6-4-3-5-9(10)7-19-20-18/h3-6,11-14,16H,7-8H2,1-2H3/t11-,12-,13+,14-,16-/m1/s1. The first-order valence-corrected chi connectivity index (χ1v) is 9.46. The summed E-state index contributed by atoms with van der Waals surface area (Å²) in [6.07, 6.45) is -1.78. The average Bonchev–Trinajstić information content (AvgIpc) is 3.34. The molecule has 8 nitrogen and oxygen atoms in total. The van der Waals surface area contributed by atoms with Crippen molar-refractivity contribution >= 4 is 17.7 Å². The summed E-state index contributed by atoms with van der Waals surface area (Å²) in [6, 6.07) is 6.94. The highest BCUT2D eigenvalue weighted by Gasteiger charge is 2.60. The van der Waals surface area contributed by atoms with E-state index in [1.807, 2.05) is 13.8 Å². The second kappa shape index (κ2) is 6.75. The molecular weight excluding hydrogens is 358 g/mol. The van der Waals surface area contributed by atoms with Gasteiger partial charge < -0.3 is 18.9 Å². The third-order valence-electron chi connectivity index (χ3n) is 4.54. The molecule has 1 aromatic carbocycles. The fraction of sp³-hybridized carbons (Fsp3) is 0.588. The van der Waals surface area contributed by atoms with E-state index in [-0.39, 0.29) is 17.9 Å². The number of hydrogen-bond acceptors (Lipinski definition) is 7. The van der Waals surface area contributed by atoms with Gasteiger partial charge in [-0.15, -0.1) is 0 Å². The Morgan fingerprint density at radius 3 is 2.88 bits per heavy atom. The van der Waals surface area contributed by atoms with E-state index in [4.69, 9.17) is 24.5 Å². The predicted octanol–water partition coefficient (Wildman–Crippen LogP) is 3.01. The van der Waals surface area contributed by atoms with Crippen molar-refractivity contribution in [1.29, 1.82) is 0 Å². The molecule has 3 saturated heterocycles. The fourth-order valence-electron chi connectivity index (χ4n) is 3.33. The molecule has 0 N–H and O–H groups in total. The van der Waals surface area contributed by atoms with E-state index in [2.05, 4.69) is 10.0 Å². The normalized spacial score (nSPS) is 34.0. The number of rotatable bonds is 5. The molecule has 0 spiro atoms. The van der Waals surface area contributed by atoms with Crippen LogP contribution in [-0.2, 0) is 25.5 Å². The van der Waals surface area contributed by atoms with E-state index in [1.165, 1.54) is 0 Å². The molecule has 5 atom stereocenters. The SMILES string of the molecule is CC1(C)O[C@H]2O[C@H]([C@H]3CS3)[C@H](OC(=O)c3ccccc3CN=[N+]=[N-])[C@H]2O1. The van der Waals surface area contributed by atoms with Gasteiger partial charge >= 0.3 is 5.97 Å². The third kappa shape index (κ3) is 3.41. The third-order valence-corrected chi connectivity index (χ3v) is 5.52. The van der Waals surface area contributed by atoms with Gasteiger partial charge in [-0.2, -0.15) is 11.8 Å². The van der Waals surface area contributed by atoms with E-state index in [0.29, 0.717) is 11.1 Å². The van der Waals surface area contributed by atoms with Crippen molar-refractivity contribution in [2.24, 2.45) is 5.11 Å². The van der Waals surface area contributed by atoms with Crippen LogP contribution < -0.4 is 0 Å². The molecule has 3 aliphatic heterocycles. The summed E-state index contributed by atoms with van der Waals surface area (Å²) in [5, 5.41) is 3.83. The van der Waals surface area contributed by atoms with Crippen LogP contribution in [0.4, 0.5) is 0 Å². The molecule has 0 aromatic heterocycles. The molecule has 0 aliphatic carbocycles. The van der Waals surface area contributed by atoms with Crippen molar-refractivity contribution < 1.29 is 23.7 Å². The second-order valence-corrected chi connectivity index (χ2v) is 8.13. The lowest BCUT2D eigenvalue weighted by molar-refractivity contribution is -0.213. The molecule has 3 fully saturated rings. The molecule has 3 heterocycles.